The molecule has 26 heavy (non-hydrogen) atoms. The number of carbonyl (C=O) groups is 2. The second kappa shape index (κ2) is 9.22. The van der Waals surface area contributed by atoms with Crippen LogP contribution < -0.4 is 4.90 Å². The molecule has 7 heteroatoms. The highest BCUT2D eigenvalue weighted by molar-refractivity contribution is 6.30. The molecule has 0 aliphatic rings. The number of benzene rings is 2. The molecule has 0 radical (unpaired) electrons. The molecule has 0 spiro atoms. The minimum absolute atomic E-state index is 0.127. The second-order valence-corrected chi connectivity index (χ2v) is 5.64. The lowest BCUT2D eigenvalue weighted by Crippen LogP contribution is -2.35. The predicted octanol–water partition coefficient (Wildman–Crippen LogP) is 3.32. The van der Waals surface area contributed by atoms with Gasteiger partial charge in [0, 0.05) is 17.3 Å². The molecule has 0 aliphatic heterocycles. The smallest absolute Gasteiger partial charge is 0.338 e. The lowest BCUT2D eigenvalue weighted by Gasteiger charge is -2.21. The number of carbonyl (C=O) groups excluding carboxylic acids is 2. The van der Waals surface area contributed by atoms with Gasteiger partial charge in [0.05, 0.1) is 29.7 Å². The minimum Gasteiger partial charge on any atom is -0.452 e. The second-order valence-electron chi connectivity index (χ2n) is 5.20. The molecular weight excluding hydrogens is 354 g/mol. The topological polar surface area (TPSA) is 94.2 Å². The number of esters is 1. The Morgan fingerprint density at radius 3 is 2.46 bits per heavy atom. The summed E-state index contributed by atoms with van der Waals surface area (Å²) >= 11 is 5.95. The number of halogens is 1. The lowest BCUT2D eigenvalue weighted by molar-refractivity contribution is -0.121. The van der Waals surface area contributed by atoms with E-state index in [4.69, 9.17) is 26.9 Å². The van der Waals surface area contributed by atoms with E-state index in [1.165, 1.54) is 29.2 Å². The van der Waals surface area contributed by atoms with Gasteiger partial charge in [0.2, 0.25) is 0 Å². The summed E-state index contributed by atoms with van der Waals surface area (Å²) in [5.74, 6) is -1.14. The Morgan fingerprint density at radius 1 is 1.12 bits per heavy atom. The third kappa shape index (κ3) is 5.07. The predicted molar refractivity (Wildman–Crippen MR) is 95.5 cm³/mol. The molecule has 130 valence electrons. The largest absolute Gasteiger partial charge is 0.452 e. The Bertz CT molecular complexity index is 882. The van der Waals surface area contributed by atoms with Gasteiger partial charge in [-0.1, -0.05) is 17.7 Å². The maximum Gasteiger partial charge on any atom is 0.338 e. The van der Waals surface area contributed by atoms with Crippen LogP contribution in [0.25, 0.3) is 0 Å². The first kappa shape index (κ1) is 19.0. The van der Waals surface area contributed by atoms with Crippen LogP contribution in [0.5, 0.6) is 0 Å². The van der Waals surface area contributed by atoms with Crippen molar-refractivity contribution in [3.8, 4) is 12.1 Å². The van der Waals surface area contributed by atoms with Crippen molar-refractivity contribution in [2.24, 2.45) is 0 Å². The Kier molecular flexibility index (Phi) is 6.73. The average molecular weight is 368 g/mol. The maximum atomic E-state index is 12.5. The maximum absolute atomic E-state index is 12.5. The van der Waals surface area contributed by atoms with E-state index in [0.29, 0.717) is 16.3 Å². The van der Waals surface area contributed by atoms with Gasteiger partial charge < -0.3 is 9.64 Å². The van der Waals surface area contributed by atoms with Crippen LogP contribution in [0.1, 0.15) is 22.3 Å². The summed E-state index contributed by atoms with van der Waals surface area (Å²) in [5.41, 5.74) is 1.18. The van der Waals surface area contributed by atoms with Crippen molar-refractivity contribution < 1.29 is 14.3 Å². The molecule has 0 N–H and O–H groups in total. The van der Waals surface area contributed by atoms with Crippen LogP contribution in [0.4, 0.5) is 5.69 Å². The number of nitriles is 2. The summed E-state index contributed by atoms with van der Waals surface area (Å²) in [6.45, 7) is -0.319. The number of anilines is 1. The number of hydrogen-bond donors (Lipinski definition) is 0. The Balaban J connectivity index is 2.05. The highest BCUT2D eigenvalue weighted by atomic mass is 35.5. The summed E-state index contributed by atoms with van der Waals surface area (Å²) in [5, 5.41) is 18.0. The van der Waals surface area contributed by atoms with Crippen molar-refractivity contribution in [3.05, 3.63) is 64.7 Å². The number of nitrogens with zero attached hydrogens (tertiary/aromatic N) is 3. The number of rotatable bonds is 6. The van der Waals surface area contributed by atoms with Gasteiger partial charge in [-0.25, -0.2) is 4.79 Å². The van der Waals surface area contributed by atoms with Crippen LogP contribution in [0.2, 0.25) is 5.02 Å². The first-order valence-corrected chi connectivity index (χ1v) is 8.03. The van der Waals surface area contributed by atoms with Gasteiger partial charge in [-0.2, -0.15) is 10.5 Å². The zero-order chi connectivity index (χ0) is 18.9. The first-order chi connectivity index (χ1) is 12.5. The summed E-state index contributed by atoms with van der Waals surface area (Å²) in [4.78, 5) is 25.8. The molecule has 2 aromatic rings. The normalized spacial score (nSPS) is 9.65. The van der Waals surface area contributed by atoms with Crippen molar-refractivity contribution in [1.82, 2.24) is 0 Å². The fourth-order valence-electron chi connectivity index (χ4n) is 2.17. The third-order valence-corrected chi connectivity index (χ3v) is 3.68. The zero-order valence-electron chi connectivity index (χ0n) is 13.7. The Hall–Kier alpha value is -3.35. The molecule has 0 bridgehead atoms. The van der Waals surface area contributed by atoms with Crippen molar-refractivity contribution in [2.45, 2.75) is 6.42 Å². The van der Waals surface area contributed by atoms with E-state index in [1.807, 2.05) is 12.1 Å². The summed E-state index contributed by atoms with van der Waals surface area (Å²) < 4.78 is 5.05. The third-order valence-electron chi connectivity index (χ3n) is 3.44. The summed E-state index contributed by atoms with van der Waals surface area (Å²) in [7, 11) is 0. The van der Waals surface area contributed by atoms with E-state index in [2.05, 4.69) is 0 Å². The van der Waals surface area contributed by atoms with Gasteiger partial charge in [0.25, 0.3) is 5.91 Å². The van der Waals surface area contributed by atoms with E-state index in [1.54, 1.807) is 24.3 Å². The Labute approximate surface area is 155 Å². The van der Waals surface area contributed by atoms with Crippen LogP contribution >= 0.6 is 11.6 Å². The quantitative estimate of drug-likeness (QED) is 0.730. The zero-order valence-corrected chi connectivity index (χ0v) is 14.4. The van der Waals surface area contributed by atoms with Gasteiger partial charge in [-0.3, -0.25) is 4.79 Å². The van der Waals surface area contributed by atoms with Gasteiger partial charge in [0.1, 0.15) is 0 Å². The SMILES string of the molecule is N#CCCN(C(=O)COC(=O)c1ccc(C#N)cc1)c1cccc(Cl)c1. The molecule has 2 aromatic carbocycles. The molecule has 0 saturated carbocycles. The molecule has 0 aliphatic carbocycles. The molecule has 1 amide bonds. The van der Waals surface area contributed by atoms with E-state index in [0.717, 1.165) is 0 Å². The number of hydrogen-bond acceptors (Lipinski definition) is 5. The molecule has 0 heterocycles. The van der Waals surface area contributed by atoms with E-state index < -0.39 is 18.5 Å². The summed E-state index contributed by atoms with van der Waals surface area (Å²) in [6.07, 6.45) is 0.127. The van der Waals surface area contributed by atoms with Crippen molar-refractivity contribution >= 4 is 29.2 Å². The average Bonchev–Trinajstić information content (AvgIpc) is 2.66. The molecule has 2 rings (SSSR count). The fourth-order valence-corrected chi connectivity index (χ4v) is 2.36. The summed E-state index contributed by atoms with van der Waals surface area (Å²) in [6, 6.07) is 16.5. The standard InChI is InChI=1S/C19H14ClN3O3/c20-16-3-1-4-17(11-16)23(10-2-9-21)18(24)13-26-19(25)15-7-5-14(12-22)6-8-15/h1,3-8,11H,2,10,13H2. The fraction of sp³-hybridized carbons (Fsp3) is 0.158. The molecule has 6 nitrogen and oxygen atoms in total. The van der Waals surface area contributed by atoms with E-state index in [9.17, 15) is 9.59 Å². The van der Waals surface area contributed by atoms with E-state index in [-0.39, 0.29) is 18.5 Å². The van der Waals surface area contributed by atoms with Crippen LogP contribution in [0, 0.1) is 22.7 Å². The molecular formula is C19H14ClN3O3. The minimum atomic E-state index is -0.672. The van der Waals surface area contributed by atoms with Crippen LogP contribution in [-0.4, -0.2) is 25.0 Å². The molecule has 0 atom stereocenters. The number of amides is 1. The highest BCUT2D eigenvalue weighted by Crippen LogP contribution is 2.20. The van der Waals surface area contributed by atoms with Gasteiger partial charge in [-0.15, -0.1) is 0 Å². The van der Waals surface area contributed by atoms with Gasteiger partial charge >= 0.3 is 5.97 Å². The van der Waals surface area contributed by atoms with Crippen molar-refractivity contribution in [2.75, 3.05) is 18.1 Å². The number of ether oxygens (including phenoxy) is 1. The lowest BCUT2D eigenvalue weighted by atomic mass is 10.1. The highest BCUT2D eigenvalue weighted by Gasteiger charge is 2.18. The molecule has 0 aromatic heterocycles. The van der Waals surface area contributed by atoms with Crippen LogP contribution in [0.15, 0.2) is 48.5 Å². The monoisotopic (exact) mass is 367 g/mol. The van der Waals surface area contributed by atoms with Crippen molar-refractivity contribution in [3.63, 3.8) is 0 Å². The molecule has 0 saturated heterocycles. The van der Waals surface area contributed by atoms with Gasteiger partial charge in [0.15, 0.2) is 6.61 Å². The van der Waals surface area contributed by atoms with Gasteiger partial charge in [-0.05, 0) is 42.5 Å². The van der Waals surface area contributed by atoms with Crippen LogP contribution in [0.3, 0.4) is 0 Å². The molecule has 0 fully saturated rings. The van der Waals surface area contributed by atoms with E-state index >= 15 is 0 Å². The molecule has 0 unspecified atom stereocenters. The van der Waals surface area contributed by atoms with Crippen LogP contribution in [-0.2, 0) is 9.53 Å². The first-order valence-electron chi connectivity index (χ1n) is 7.65. The van der Waals surface area contributed by atoms with Crippen molar-refractivity contribution in [1.29, 1.82) is 10.5 Å². The Morgan fingerprint density at radius 2 is 1.85 bits per heavy atom.